The molecular weight excluding hydrogens is 214 g/mol. The molecule has 1 rings (SSSR count). The first kappa shape index (κ1) is 14.5. The van der Waals surface area contributed by atoms with Crippen LogP contribution in [0.15, 0.2) is 0 Å². The van der Waals surface area contributed by atoms with Crippen molar-refractivity contribution >= 4 is 5.91 Å². The minimum atomic E-state index is -0.184. The number of hydrogen-bond donors (Lipinski definition) is 2. The molecule has 1 aliphatic heterocycles. The first-order valence-corrected chi connectivity index (χ1v) is 6.89. The molecule has 17 heavy (non-hydrogen) atoms. The van der Waals surface area contributed by atoms with E-state index in [2.05, 4.69) is 17.1 Å². The number of likely N-dealkylation sites (tertiary alicyclic amines) is 1. The Morgan fingerprint density at radius 1 is 1.53 bits per heavy atom. The molecule has 3 N–H and O–H groups in total. The number of rotatable bonds is 7. The third-order valence-electron chi connectivity index (χ3n) is 3.55. The Labute approximate surface area is 105 Å². The Hall–Kier alpha value is -0.610. The van der Waals surface area contributed by atoms with E-state index in [1.807, 2.05) is 6.92 Å². The summed E-state index contributed by atoms with van der Waals surface area (Å²) in [4.78, 5) is 13.6. The zero-order valence-electron chi connectivity index (χ0n) is 11.2. The van der Waals surface area contributed by atoms with E-state index in [9.17, 15) is 4.79 Å². The molecule has 1 aliphatic rings. The van der Waals surface area contributed by atoms with Crippen molar-refractivity contribution in [2.75, 3.05) is 26.2 Å². The van der Waals surface area contributed by atoms with Crippen molar-refractivity contribution in [3.63, 3.8) is 0 Å². The Kier molecular flexibility index (Phi) is 6.52. The van der Waals surface area contributed by atoms with Crippen LogP contribution >= 0.6 is 0 Å². The molecule has 2 atom stereocenters. The number of piperidine rings is 1. The molecule has 0 aromatic rings. The maximum absolute atomic E-state index is 11.1. The van der Waals surface area contributed by atoms with Gasteiger partial charge >= 0.3 is 0 Å². The first-order chi connectivity index (χ1) is 8.15. The summed E-state index contributed by atoms with van der Waals surface area (Å²) in [6.45, 7) is 8.15. The smallest absolute Gasteiger partial charge is 0.221 e. The highest BCUT2D eigenvalue weighted by atomic mass is 16.1. The molecule has 2 unspecified atom stereocenters. The molecular formula is C13H27N3O. The summed E-state index contributed by atoms with van der Waals surface area (Å²) in [5, 5.41) is 3.48. The minimum Gasteiger partial charge on any atom is -0.369 e. The summed E-state index contributed by atoms with van der Waals surface area (Å²) >= 11 is 0. The fourth-order valence-corrected chi connectivity index (χ4v) is 2.42. The van der Waals surface area contributed by atoms with Crippen LogP contribution in [0.3, 0.4) is 0 Å². The van der Waals surface area contributed by atoms with E-state index < -0.39 is 0 Å². The van der Waals surface area contributed by atoms with Gasteiger partial charge in [0, 0.05) is 25.0 Å². The third kappa shape index (κ3) is 5.04. The zero-order chi connectivity index (χ0) is 12.7. The van der Waals surface area contributed by atoms with Gasteiger partial charge in [0.05, 0.1) is 0 Å². The fraction of sp³-hybridized carbons (Fsp3) is 0.923. The fourth-order valence-electron chi connectivity index (χ4n) is 2.42. The van der Waals surface area contributed by atoms with Crippen molar-refractivity contribution in [3.8, 4) is 0 Å². The van der Waals surface area contributed by atoms with Crippen LogP contribution in [-0.2, 0) is 4.79 Å². The standard InChI is InChI=1S/C13H27N3O/c1-3-7-15-9-12-6-4-5-8-16(12)10-11(2)13(14)17/h11-12,15H,3-10H2,1-2H3,(H2,14,17). The normalized spacial score (nSPS) is 23.5. The maximum atomic E-state index is 11.1. The Morgan fingerprint density at radius 3 is 2.94 bits per heavy atom. The molecule has 0 spiro atoms. The van der Waals surface area contributed by atoms with E-state index in [-0.39, 0.29) is 11.8 Å². The lowest BCUT2D eigenvalue weighted by atomic mass is 10.00. The van der Waals surface area contributed by atoms with Crippen molar-refractivity contribution in [2.45, 2.75) is 45.6 Å². The summed E-state index contributed by atoms with van der Waals surface area (Å²) in [6, 6.07) is 0.581. The summed E-state index contributed by atoms with van der Waals surface area (Å²) in [7, 11) is 0. The molecule has 0 bridgehead atoms. The van der Waals surface area contributed by atoms with E-state index in [0.29, 0.717) is 6.04 Å². The lowest BCUT2D eigenvalue weighted by Crippen LogP contribution is -2.48. The van der Waals surface area contributed by atoms with Crippen molar-refractivity contribution in [2.24, 2.45) is 11.7 Å². The maximum Gasteiger partial charge on any atom is 0.221 e. The van der Waals surface area contributed by atoms with Crippen LogP contribution in [0, 0.1) is 5.92 Å². The van der Waals surface area contributed by atoms with Crippen LogP contribution in [0.5, 0.6) is 0 Å². The second-order valence-corrected chi connectivity index (χ2v) is 5.15. The second-order valence-electron chi connectivity index (χ2n) is 5.15. The number of amides is 1. The van der Waals surface area contributed by atoms with Crippen LogP contribution in [0.2, 0.25) is 0 Å². The minimum absolute atomic E-state index is 0.0400. The predicted molar refractivity (Wildman–Crippen MR) is 70.7 cm³/mol. The Balaban J connectivity index is 2.39. The van der Waals surface area contributed by atoms with Gasteiger partial charge in [0.25, 0.3) is 0 Å². The molecule has 0 aromatic carbocycles. The average molecular weight is 241 g/mol. The summed E-state index contributed by atoms with van der Waals surface area (Å²) in [5.41, 5.74) is 5.34. The highest BCUT2D eigenvalue weighted by Gasteiger charge is 2.24. The number of hydrogen-bond acceptors (Lipinski definition) is 3. The molecule has 1 saturated heterocycles. The molecule has 1 fully saturated rings. The number of nitrogens with two attached hydrogens (primary N) is 1. The second kappa shape index (κ2) is 7.67. The van der Waals surface area contributed by atoms with Crippen molar-refractivity contribution in [1.82, 2.24) is 10.2 Å². The zero-order valence-corrected chi connectivity index (χ0v) is 11.2. The van der Waals surface area contributed by atoms with Gasteiger partial charge in [0.2, 0.25) is 5.91 Å². The molecule has 4 heteroatoms. The summed E-state index contributed by atoms with van der Waals surface area (Å²) in [5.74, 6) is -0.224. The largest absolute Gasteiger partial charge is 0.369 e. The molecule has 0 aromatic heterocycles. The van der Waals surface area contributed by atoms with Gasteiger partial charge in [0.15, 0.2) is 0 Å². The molecule has 0 radical (unpaired) electrons. The Morgan fingerprint density at radius 2 is 2.29 bits per heavy atom. The van der Waals surface area contributed by atoms with Crippen molar-refractivity contribution < 1.29 is 4.79 Å². The van der Waals surface area contributed by atoms with Gasteiger partial charge in [-0.1, -0.05) is 20.3 Å². The summed E-state index contributed by atoms with van der Waals surface area (Å²) in [6.07, 6.45) is 4.96. The number of nitrogens with zero attached hydrogens (tertiary/aromatic N) is 1. The van der Waals surface area contributed by atoms with Gasteiger partial charge < -0.3 is 11.1 Å². The van der Waals surface area contributed by atoms with Crippen LogP contribution in [0.4, 0.5) is 0 Å². The van der Waals surface area contributed by atoms with Crippen LogP contribution in [0.1, 0.15) is 39.5 Å². The molecule has 1 heterocycles. The van der Waals surface area contributed by atoms with Gasteiger partial charge in [-0.15, -0.1) is 0 Å². The highest BCUT2D eigenvalue weighted by molar-refractivity contribution is 5.76. The predicted octanol–water partition coefficient (Wildman–Crippen LogP) is 0.962. The van der Waals surface area contributed by atoms with Crippen molar-refractivity contribution in [1.29, 1.82) is 0 Å². The van der Waals surface area contributed by atoms with Gasteiger partial charge in [0.1, 0.15) is 0 Å². The van der Waals surface area contributed by atoms with E-state index in [0.717, 1.165) is 26.2 Å². The van der Waals surface area contributed by atoms with Gasteiger partial charge in [-0.3, -0.25) is 9.69 Å². The number of carbonyl (C=O) groups is 1. The topological polar surface area (TPSA) is 58.4 Å². The number of nitrogens with one attached hydrogen (secondary N) is 1. The number of primary amides is 1. The monoisotopic (exact) mass is 241 g/mol. The van der Waals surface area contributed by atoms with Gasteiger partial charge in [-0.25, -0.2) is 0 Å². The van der Waals surface area contributed by atoms with E-state index in [1.54, 1.807) is 0 Å². The van der Waals surface area contributed by atoms with E-state index >= 15 is 0 Å². The molecule has 100 valence electrons. The SMILES string of the molecule is CCCNCC1CCCCN1CC(C)C(N)=O. The van der Waals surface area contributed by atoms with E-state index in [1.165, 1.54) is 25.7 Å². The number of carbonyl (C=O) groups excluding carboxylic acids is 1. The van der Waals surface area contributed by atoms with E-state index in [4.69, 9.17) is 5.73 Å². The highest BCUT2D eigenvalue weighted by Crippen LogP contribution is 2.17. The van der Waals surface area contributed by atoms with Gasteiger partial charge in [-0.05, 0) is 32.4 Å². The van der Waals surface area contributed by atoms with Crippen molar-refractivity contribution in [3.05, 3.63) is 0 Å². The molecule has 4 nitrogen and oxygen atoms in total. The van der Waals surface area contributed by atoms with Crippen LogP contribution < -0.4 is 11.1 Å². The molecule has 0 saturated carbocycles. The lowest BCUT2D eigenvalue weighted by molar-refractivity contribution is -0.122. The Bertz CT molecular complexity index is 233. The summed E-state index contributed by atoms with van der Waals surface area (Å²) < 4.78 is 0. The third-order valence-corrected chi connectivity index (χ3v) is 3.55. The average Bonchev–Trinajstić information content (AvgIpc) is 2.31. The van der Waals surface area contributed by atoms with Gasteiger partial charge in [-0.2, -0.15) is 0 Å². The quantitative estimate of drug-likeness (QED) is 0.653. The first-order valence-electron chi connectivity index (χ1n) is 6.89. The van der Waals surface area contributed by atoms with Crippen LogP contribution in [0.25, 0.3) is 0 Å². The van der Waals surface area contributed by atoms with Crippen LogP contribution in [-0.4, -0.2) is 43.0 Å². The molecule has 1 amide bonds. The lowest BCUT2D eigenvalue weighted by Gasteiger charge is -2.37. The molecule has 0 aliphatic carbocycles.